The molecule has 1 aromatic heterocycles. The van der Waals surface area contributed by atoms with Crippen LogP contribution in [0.25, 0.3) is 11.4 Å². The molecule has 2 N–H and O–H groups in total. The van der Waals surface area contributed by atoms with E-state index in [4.69, 9.17) is 0 Å². The number of nitrogens with one attached hydrogen (secondary N) is 2. The lowest BCUT2D eigenvalue weighted by atomic mass is 10.1. The van der Waals surface area contributed by atoms with E-state index in [1.807, 2.05) is 36.4 Å². The molecule has 4 nitrogen and oxygen atoms in total. The number of anilines is 2. The van der Waals surface area contributed by atoms with Gasteiger partial charge in [-0.3, -0.25) is 0 Å². The Hall–Kier alpha value is -2.10. The summed E-state index contributed by atoms with van der Waals surface area (Å²) in [6, 6.07) is 12.5. The first-order chi connectivity index (χ1) is 11.1. The Kier molecular flexibility index (Phi) is 6.39. The Bertz CT molecular complexity index is 596. The quantitative estimate of drug-likeness (QED) is 0.734. The van der Waals surface area contributed by atoms with Gasteiger partial charge in [0.25, 0.3) is 0 Å². The van der Waals surface area contributed by atoms with Crippen molar-refractivity contribution in [2.45, 2.75) is 46.6 Å². The number of hydrogen-bond acceptors (Lipinski definition) is 4. The predicted molar refractivity (Wildman–Crippen MR) is 98.8 cm³/mol. The highest BCUT2D eigenvalue weighted by Gasteiger charge is 2.08. The van der Waals surface area contributed by atoms with Crippen molar-refractivity contribution in [1.82, 2.24) is 9.97 Å². The van der Waals surface area contributed by atoms with Gasteiger partial charge < -0.3 is 10.6 Å². The van der Waals surface area contributed by atoms with E-state index in [9.17, 15) is 0 Å². The molecule has 0 spiro atoms. The third-order valence-electron chi connectivity index (χ3n) is 3.79. The first kappa shape index (κ1) is 17.3. The van der Waals surface area contributed by atoms with Crippen LogP contribution in [0.2, 0.25) is 0 Å². The van der Waals surface area contributed by atoms with E-state index in [0.29, 0.717) is 12.0 Å². The fourth-order valence-corrected chi connectivity index (χ4v) is 2.17. The molecule has 4 heteroatoms. The highest BCUT2D eigenvalue weighted by Crippen LogP contribution is 2.21. The second-order valence-corrected chi connectivity index (χ2v) is 6.39. The summed E-state index contributed by atoms with van der Waals surface area (Å²) < 4.78 is 0. The average Bonchev–Trinajstić information content (AvgIpc) is 2.55. The molecule has 0 saturated carbocycles. The van der Waals surface area contributed by atoms with Crippen LogP contribution in [0, 0.1) is 5.92 Å². The van der Waals surface area contributed by atoms with Crippen LogP contribution >= 0.6 is 0 Å². The Morgan fingerprint density at radius 1 is 1.00 bits per heavy atom. The fraction of sp³-hybridized carbons (Fsp3) is 0.474. The highest BCUT2D eigenvalue weighted by molar-refractivity contribution is 5.61. The Morgan fingerprint density at radius 3 is 2.35 bits per heavy atom. The average molecular weight is 312 g/mol. The molecule has 2 rings (SSSR count). The summed E-state index contributed by atoms with van der Waals surface area (Å²) in [6.45, 7) is 9.71. The molecule has 0 saturated heterocycles. The van der Waals surface area contributed by atoms with Crippen LogP contribution in [0.15, 0.2) is 36.4 Å². The third-order valence-corrected chi connectivity index (χ3v) is 3.79. The summed E-state index contributed by atoms with van der Waals surface area (Å²) in [7, 11) is 0. The van der Waals surface area contributed by atoms with E-state index >= 15 is 0 Å². The summed E-state index contributed by atoms with van der Waals surface area (Å²) in [6.07, 6.45) is 2.18. The van der Waals surface area contributed by atoms with Gasteiger partial charge >= 0.3 is 0 Å². The lowest BCUT2D eigenvalue weighted by molar-refractivity contribution is 0.606. The van der Waals surface area contributed by atoms with Gasteiger partial charge in [-0.1, -0.05) is 51.1 Å². The van der Waals surface area contributed by atoms with Crippen molar-refractivity contribution in [2.24, 2.45) is 5.92 Å². The first-order valence-corrected chi connectivity index (χ1v) is 8.53. The molecule has 0 aliphatic carbocycles. The lowest BCUT2D eigenvalue weighted by Gasteiger charge is -2.15. The normalized spacial score (nSPS) is 12.2. The monoisotopic (exact) mass is 312 g/mol. The van der Waals surface area contributed by atoms with E-state index in [1.165, 1.54) is 0 Å². The van der Waals surface area contributed by atoms with Crippen LogP contribution in [0.5, 0.6) is 0 Å². The maximum atomic E-state index is 4.67. The zero-order valence-electron chi connectivity index (χ0n) is 14.6. The van der Waals surface area contributed by atoms with E-state index in [2.05, 4.69) is 48.3 Å². The van der Waals surface area contributed by atoms with E-state index in [1.54, 1.807) is 0 Å². The number of rotatable bonds is 8. The van der Waals surface area contributed by atoms with Crippen molar-refractivity contribution in [1.29, 1.82) is 0 Å². The molecule has 0 aliphatic rings. The number of nitrogens with zero attached hydrogens (tertiary/aromatic N) is 2. The van der Waals surface area contributed by atoms with Gasteiger partial charge in [0.15, 0.2) is 5.82 Å². The van der Waals surface area contributed by atoms with Gasteiger partial charge in [0, 0.05) is 24.2 Å². The summed E-state index contributed by atoms with van der Waals surface area (Å²) in [4.78, 5) is 9.34. The minimum absolute atomic E-state index is 0.386. The molecule has 124 valence electrons. The van der Waals surface area contributed by atoms with Crippen LogP contribution in [-0.4, -0.2) is 22.6 Å². The van der Waals surface area contributed by atoms with Gasteiger partial charge in [-0.15, -0.1) is 0 Å². The molecule has 1 unspecified atom stereocenters. The molecule has 0 aliphatic heterocycles. The minimum Gasteiger partial charge on any atom is -0.370 e. The van der Waals surface area contributed by atoms with E-state index in [-0.39, 0.29) is 0 Å². The zero-order valence-corrected chi connectivity index (χ0v) is 14.6. The molecular weight excluding hydrogens is 284 g/mol. The van der Waals surface area contributed by atoms with Crippen LogP contribution in [0.1, 0.15) is 40.5 Å². The summed E-state index contributed by atoms with van der Waals surface area (Å²) in [5.74, 6) is 3.19. The molecule has 0 bridgehead atoms. The maximum absolute atomic E-state index is 4.67. The van der Waals surface area contributed by atoms with Crippen LogP contribution in [-0.2, 0) is 0 Å². The number of benzene rings is 1. The van der Waals surface area contributed by atoms with Gasteiger partial charge in [-0.05, 0) is 25.7 Å². The number of aromatic nitrogens is 2. The van der Waals surface area contributed by atoms with Gasteiger partial charge in [-0.25, -0.2) is 9.97 Å². The third kappa shape index (κ3) is 5.55. The van der Waals surface area contributed by atoms with Crippen molar-refractivity contribution in [2.75, 3.05) is 17.2 Å². The molecule has 23 heavy (non-hydrogen) atoms. The minimum atomic E-state index is 0.386. The molecule has 1 aromatic carbocycles. The summed E-state index contributed by atoms with van der Waals surface area (Å²) in [5, 5.41) is 6.88. The molecule has 2 aromatic rings. The SMILES string of the molecule is CCC(C)Nc1cc(NCCC(C)C)nc(-c2ccccc2)n1. The van der Waals surface area contributed by atoms with Crippen molar-refractivity contribution < 1.29 is 0 Å². The zero-order chi connectivity index (χ0) is 16.7. The van der Waals surface area contributed by atoms with Gasteiger partial charge in [-0.2, -0.15) is 0 Å². The Labute approximate surface area is 139 Å². The van der Waals surface area contributed by atoms with Crippen LogP contribution in [0.3, 0.4) is 0 Å². The topological polar surface area (TPSA) is 49.8 Å². The van der Waals surface area contributed by atoms with Crippen molar-refractivity contribution in [3.8, 4) is 11.4 Å². The number of hydrogen-bond donors (Lipinski definition) is 2. The summed E-state index contributed by atoms with van der Waals surface area (Å²) in [5.41, 5.74) is 1.03. The van der Waals surface area contributed by atoms with Crippen LogP contribution < -0.4 is 10.6 Å². The van der Waals surface area contributed by atoms with Gasteiger partial charge in [0.05, 0.1) is 0 Å². The second-order valence-electron chi connectivity index (χ2n) is 6.39. The largest absolute Gasteiger partial charge is 0.370 e. The predicted octanol–water partition coefficient (Wildman–Crippen LogP) is 4.81. The Morgan fingerprint density at radius 2 is 1.70 bits per heavy atom. The molecule has 1 heterocycles. The van der Waals surface area contributed by atoms with Gasteiger partial charge in [0.1, 0.15) is 11.6 Å². The van der Waals surface area contributed by atoms with Crippen molar-refractivity contribution in [3.63, 3.8) is 0 Å². The Balaban J connectivity index is 2.24. The first-order valence-electron chi connectivity index (χ1n) is 8.53. The van der Waals surface area contributed by atoms with Gasteiger partial charge in [0.2, 0.25) is 0 Å². The molecule has 0 radical (unpaired) electrons. The highest BCUT2D eigenvalue weighted by atomic mass is 15.1. The lowest BCUT2D eigenvalue weighted by Crippen LogP contribution is -2.16. The van der Waals surface area contributed by atoms with E-state index in [0.717, 1.165) is 42.4 Å². The molecule has 1 atom stereocenters. The van der Waals surface area contributed by atoms with Crippen LogP contribution in [0.4, 0.5) is 11.6 Å². The maximum Gasteiger partial charge on any atom is 0.163 e. The molecule has 0 fully saturated rings. The standard InChI is InChI=1S/C19H28N4/c1-5-15(4)21-18-13-17(20-12-11-14(2)3)22-19(23-18)16-9-7-6-8-10-16/h6-10,13-15H,5,11-12H2,1-4H3,(H2,20,21,22,23). The summed E-state index contributed by atoms with van der Waals surface area (Å²) >= 11 is 0. The molecule has 0 amide bonds. The van der Waals surface area contributed by atoms with Crippen molar-refractivity contribution >= 4 is 11.6 Å². The second kappa shape index (κ2) is 8.51. The van der Waals surface area contributed by atoms with E-state index < -0.39 is 0 Å². The van der Waals surface area contributed by atoms with Crippen molar-refractivity contribution in [3.05, 3.63) is 36.4 Å². The fourth-order valence-electron chi connectivity index (χ4n) is 2.17. The smallest absolute Gasteiger partial charge is 0.163 e. The molecular formula is C19H28N4.